The molecule has 1 saturated heterocycles. The molecular formula is C14H17N3O2. The van der Waals surface area contributed by atoms with Crippen LogP contribution in [-0.4, -0.2) is 34.5 Å². The summed E-state index contributed by atoms with van der Waals surface area (Å²) >= 11 is 0. The Hall–Kier alpha value is -1.88. The van der Waals surface area contributed by atoms with Crippen molar-refractivity contribution in [1.29, 1.82) is 0 Å². The minimum atomic E-state index is -0.249. The van der Waals surface area contributed by atoms with E-state index in [1.807, 2.05) is 35.0 Å². The molecule has 19 heavy (non-hydrogen) atoms. The molecule has 1 fully saturated rings. The molecule has 5 heteroatoms. The molecule has 0 spiro atoms. The molecule has 1 unspecified atom stereocenters. The van der Waals surface area contributed by atoms with Crippen LogP contribution in [0.4, 0.5) is 0 Å². The molecule has 1 amide bonds. The molecule has 1 aliphatic rings. The molecule has 2 aromatic rings. The summed E-state index contributed by atoms with van der Waals surface area (Å²) in [5.41, 5.74) is 1.92. The third-order valence-corrected chi connectivity index (χ3v) is 3.32. The Morgan fingerprint density at radius 1 is 1.53 bits per heavy atom. The second kappa shape index (κ2) is 5.40. The molecule has 3 rings (SSSR count). The van der Waals surface area contributed by atoms with Gasteiger partial charge >= 0.3 is 0 Å². The fourth-order valence-corrected chi connectivity index (χ4v) is 2.32. The summed E-state index contributed by atoms with van der Waals surface area (Å²) in [6, 6.07) is 5.90. The van der Waals surface area contributed by atoms with Crippen molar-refractivity contribution < 1.29 is 9.53 Å². The molecule has 1 atom stereocenters. The largest absolute Gasteiger partial charge is 0.368 e. The van der Waals surface area contributed by atoms with Gasteiger partial charge in [-0.1, -0.05) is 6.07 Å². The number of fused-ring (bicyclic) bond motifs is 1. The lowest BCUT2D eigenvalue weighted by molar-refractivity contribution is -0.129. The smallest absolute Gasteiger partial charge is 0.249 e. The number of carbonyl (C=O) groups excluding carboxylic acids is 1. The van der Waals surface area contributed by atoms with E-state index in [1.165, 1.54) is 0 Å². The molecule has 1 aliphatic heterocycles. The highest BCUT2D eigenvalue weighted by Crippen LogP contribution is 2.11. The Morgan fingerprint density at radius 2 is 2.47 bits per heavy atom. The van der Waals surface area contributed by atoms with E-state index in [0.717, 1.165) is 30.6 Å². The first-order valence-corrected chi connectivity index (χ1v) is 6.65. The van der Waals surface area contributed by atoms with Crippen LogP contribution in [0.3, 0.4) is 0 Å². The topological polar surface area (TPSA) is 55.6 Å². The first-order chi connectivity index (χ1) is 9.33. The predicted octanol–water partition coefficient (Wildman–Crippen LogP) is 1.17. The molecular weight excluding hydrogens is 242 g/mol. The molecule has 0 bridgehead atoms. The van der Waals surface area contributed by atoms with Crippen molar-refractivity contribution in [2.75, 3.05) is 13.2 Å². The third-order valence-electron chi connectivity index (χ3n) is 3.32. The molecule has 100 valence electrons. The first kappa shape index (κ1) is 12.2. The van der Waals surface area contributed by atoms with Gasteiger partial charge in [0.25, 0.3) is 0 Å². The molecule has 1 N–H and O–H groups in total. The lowest BCUT2D eigenvalue weighted by Crippen LogP contribution is -2.35. The molecule has 0 radical (unpaired) electrons. The zero-order valence-electron chi connectivity index (χ0n) is 10.7. The third kappa shape index (κ3) is 2.76. The standard InChI is InChI=1S/C14H17N3O2/c18-14(12-4-3-9-19-12)15-7-6-11-10-17-8-2-1-5-13(17)16-11/h1-2,5,8,10,12H,3-4,6-7,9H2,(H,15,18). The van der Waals surface area contributed by atoms with Crippen LogP contribution in [0.15, 0.2) is 30.6 Å². The van der Waals surface area contributed by atoms with Crippen molar-refractivity contribution in [2.24, 2.45) is 0 Å². The van der Waals surface area contributed by atoms with Gasteiger partial charge in [0, 0.05) is 32.0 Å². The highest BCUT2D eigenvalue weighted by atomic mass is 16.5. The Kier molecular flexibility index (Phi) is 3.46. The Balaban J connectivity index is 1.53. The van der Waals surface area contributed by atoms with Crippen LogP contribution in [0, 0.1) is 0 Å². The average Bonchev–Trinajstić information content (AvgIpc) is 3.07. The number of aromatic nitrogens is 2. The van der Waals surface area contributed by atoms with Crippen molar-refractivity contribution in [3.05, 3.63) is 36.3 Å². The summed E-state index contributed by atoms with van der Waals surface area (Å²) in [6.45, 7) is 1.30. The van der Waals surface area contributed by atoms with Gasteiger partial charge in [-0.05, 0) is 25.0 Å². The maximum atomic E-state index is 11.7. The quantitative estimate of drug-likeness (QED) is 0.896. The number of pyridine rings is 1. The van der Waals surface area contributed by atoms with E-state index < -0.39 is 0 Å². The van der Waals surface area contributed by atoms with Crippen LogP contribution in [0.5, 0.6) is 0 Å². The zero-order valence-corrected chi connectivity index (χ0v) is 10.7. The maximum Gasteiger partial charge on any atom is 0.249 e. The van der Waals surface area contributed by atoms with Crippen LogP contribution in [0.25, 0.3) is 5.65 Å². The van der Waals surface area contributed by atoms with E-state index in [4.69, 9.17) is 4.74 Å². The highest BCUT2D eigenvalue weighted by molar-refractivity contribution is 5.80. The van der Waals surface area contributed by atoms with Crippen LogP contribution >= 0.6 is 0 Å². The Bertz CT molecular complexity index is 540. The summed E-state index contributed by atoms with van der Waals surface area (Å²) in [7, 11) is 0. The summed E-state index contributed by atoms with van der Waals surface area (Å²) in [5, 5.41) is 2.90. The SMILES string of the molecule is O=C(NCCc1cn2ccccc2n1)C1CCCO1. The summed E-state index contributed by atoms with van der Waals surface area (Å²) < 4.78 is 7.32. The van der Waals surface area contributed by atoms with Crippen LogP contribution in [0.1, 0.15) is 18.5 Å². The monoisotopic (exact) mass is 259 g/mol. The van der Waals surface area contributed by atoms with Crippen molar-refractivity contribution in [2.45, 2.75) is 25.4 Å². The minimum Gasteiger partial charge on any atom is -0.368 e. The Morgan fingerprint density at radius 3 is 3.26 bits per heavy atom. The molecule has 0 saturated carbocycles. The maximum absolute atomic E-state index is 11.7. The van der Waals surface area contributed by atoms with E-state index in [9.17, 15) is 4.79 Å². The summed E-state index contributed by atoms with van der Waals surface area (Å²) in [4.78, 5) is 16.2. The second-order valence-corrected chi connectivity index (χ2v) is 4.74. The van der Waals surface area contributed by atoms with Gasteiger partial charge in [-0.3, -0.25) is 4.79 Å². The number of hydrogen-bond donors (Lipinski definition) is 1. The number of carbonyl (C=O) groups is 1. The zero-order chi connectivity index (χ0) is 13.1. The van der Waals surface area contributed by atoms with Gasteiger partial charge in [-0.15, -0.1) is 0 Å². The first-order valence-electron chi connectivity index (χ1n) is 6.65. The van der Waals surface area contributed by atoms with Crippen LogP contribution in [0.2, 0.25) is 0 Å². The van der Waals surface area contributed by atoms with Gasteiger partial charge in [0.05, 0.1) is 5.69 Å². The number of rotatable bonds is 4. The fourth-order valence-electron chi connectivity index (χ4n) is 2.32. The molecule has 3 heterocycles. The number of imidazole rings is 1. The normalized spacial score (nSPS) is 18.8. The van der Waals surface area contributed by atoms with E-state index in [2.05, 4.69) is 10.3 Å². The highest BCUT2D eigenvalue weighted by Gasteiger charge is 2.22. The summed E-state index contributed by atoms with van der Waals surface area (Å²) in [6.07, 6.45) is 6.26. The van der Waals surface area contributed by atoms with E-state index in [1.54, 1.807) is 0 Å². The van der Waals surface area contributed by atoms with Gasteiger partial charge in [-0.25, -0.2) is 4.98 Å². The van der Waals surface area contributed by atoms with Crippen molar-refractivity contribution in [3.63, 3.8) is 0 Å². The average molecular weight is 259 g/mol. The lowest BCUT2D eigenvalue weighted by atomic mass is 10.2. The van der Waals surface area contributed by atoms with Gasteiger partial charge in [0.15, 0.2) is 0 Å². The summed E-state index contributed by atoms with van der Waals surface area (Å²) in [5.74, 6) is 0.00117. The predicted molar refractivity (Wildman–Crippen MR) is 70.9 cm³/mol. The van der Waals surface area contributed by atoms with Gasteiger partial charge in [0.1, 0.15) is 11.8 Å². The lowest BCUT2D eigenvalue weighted by Gasteiger charge is -2.09. The number of nitrogens with one attached hydrogen (secondary N) is 1. The number of hydrogen-bond acceptors (Lipinski definition) is 3. The van der Waals surface area contributed by atoms with Crippen molar-refractivity contribution in [1.82, 2.24) is 14.7 Å². The van der Waals surface area contributed by atoms with Crippen molar-refractivity contribution in [3.8, 4) is 0 Å². The fraction of sp³-hybridized carbons (Fsp3) is 0.429. The Labute approximate surface area is 111 Å². The van der Waals surface area contributed by atoms with Crippen molar-refractivity contribution >= 4 is 11.6 Å². The molecule has 0 aliphatic carbocycles. The van der Waals surface area contributed by atoms with Crippen LogP contribution < -0.4 is 5.32 Å². The molecule has 0 aromatic carbocycles. The second-order valence-electron chi connectivity index (χ2n) is 4.74. The van der Waals surface area contributed by atoms with Gasteiger partial charge in [-0.2, -0.15) is 0 Å². The minimum absolute atomic E-state index is 0.00117. The number of ether oxygens (including phenoxy) is 1. The molecule has 5 nitrogen and oxygen atoms in total. The van der Waals surface area contributed by atoms with Gasteiger partial charge < -0.3 is 14.5 Å². The van der Waals surface area contributed by atoms with E-state index in [-0.39, 0.29) is 12.0 Å². The molecule has 2 aromatic heterocycles. The van der Waals surface area contributed by atoms with E-state index in [0.29, 0.717) is 13.2 Å². The number of amides is 1. The van der Waals surface area contributed by atoms with E-state index >= 15 is 0 Å². The van der Waals surface area contributed by atoms with Gasteiger partial charge in [0.2, 0.25) is 5.91 Å². The van der Waals surface area contributed by atoms with Crippen LogP contribution in [-0.2, 0) is 16.0 Å². The number of nitrogens with zero attached hydrogens (tertiary/aromatic N) is 2.